The molecule has 146 valence electrons. The predicted molar refractivity (Wildman–Crippen MR) is 112 cm³/mol. The van der Waals surface area contributed by atoms with Crippen LogP contribution in [0.1, 0.15) is 28.7 Å². The van der Waals surface area contributed by atoms with Gasteiger partial charge < -0.3 is 9.67 Å². The molecule has 0 spiro atoms. The van der Waals surface area contributed by atoms with E-state index in [4.69, 9.17) is 0 Å². The van der Waals surface area contributed by atoms with E-state index in [9.17, 15) is 9.90 Å². The Balaban J connectivity index is 1.84. The number of aromatic nitrogens is 4. The van der Waals surface area contributed by atoms with Crippen molar-refractivity contribution in [3.8, 4) is 17.1 Å². The maximum atomic E-state index is 12.8. The number of hydrogen-bond donors (Lipinski definition) is 1. The van der Waals surface area contributed by atoms with E-state index >= 15 is 0 Å². The van der Waals surface area contributed by atoms with E-state index in [1.165, 1.54) is 11.8 Å². The molecule has 1 aromatic carbocycles. The summed E-state index contributed by atoms with van der Waals surface area (Å²) in [4.78, 5) is 12.8. The number of carbonyl (C=O) groups excluding carboxylic acids is 1. The Morgan fingerprint density at radius 3 is 2.64 bits per heavy atom. The van der Waals surface area contributed by atoms with Crippen LogP contribution < -0.4 is 0 Å². The summed E-state index contributed by atoms with van der Waals surface area (Å²) in [6.45, 7) is 11.2. The van der Waals surface area contributed by atoms with Crippen molar-refractivity contribution in [1.29, 1.82) is 0 Å². The molecular formula is C21H24N4O2S. The quantitative estimate of drug-likeness (QED) is 0.350. The number of carbonyl (C=O) groups is 1. The average Bonchev–Trinajstić information content (AvgIpc) is 3.20. The molecule has 0 aliphatic heterocycles. The Kier molecular flexibility index (Phi) is 6.04. The van der Waals surface area contributed by atoms with Crippen molar-refractivity contribution < 1.29 is 9.90 Å². The number of aromatic hydroxyl groups is 1. The molecule has 3 aromatic rings. The van der Waals surface area contributed by atoms with Crippen molar-refractivity contribution in [2.75, 3.05) is 5.75 Å². The monoisotopic (exact) mass is 396 g/mol. The summed E-state index contributed by atoms with van der Waals surface area (Å²) in [5, 5.41) is 19.2. The molecule has 6 nitrogen and oxygen atoms in total. The molecular weight excluding hydrogens is 372 g/mol. The van der Waals surface area contributed by atoms with E-state index in [1.807, 2.05) is 30.5 Å². The van der Waals surface area contributed by atoms with Crippen molar-refractivity contribution >= 4 is 17.5 Å². The lowest BCUT2D eigenvalue weighted by Gasteiger charge is -2.09. The molecule has 0 aliphatic carbocycles. The van der Waals surface area contributed by atoms with Crippen molar-refractivity contribution in [3.63, 3.8) is 0 Å². The summed E-state index contributed by atoms with van der Waals surface area (Å²) >= 11 is 1.34. The number of phenolic OH excluding ortho intramolecular Hbond substituents is 1. The third kappa shape index (κ3) is 3.75. The zero-order valence-electron chi connectivity index (χ0n) is 16.3. The summed E-state index contributed by atoms with van der Waals surface area (Å²) < 4.78 is 3.99. The largest absolute Gasteiger partial charge is 0.507 e. The molecule has 0 bridgehead atoms. The first-order valence-electron chi connectivity index (χ1n) is 9.13. The highest BCUT2D eigenvalue weighted by Crippen LogP contribution is 2.30. The summed E-state index contributed by atoms with van der Waals surface area (Å²) in [6, 6.07) is 8.94. The highest BCUT2D eigenvalue weighted by Gasteiger charge is 2.19. The Hall–Kier alpha value is -2.80. The molecule has 3 rings (SSSR count). The molecule has 0 atom stereocenters. The fourth-order valence-corrected chi connectivity index (χ4v) is 4.16. The lowest BCUT2D eigenvalue weighted by atomic mass is 10.2. The van der Waals surface area contributed by atoms with Gasteiger partial charge in [-0.15, -0.1) is 16.8 Å². The van der Waals surface area contributed by atoms with Gasteiger partial charge >= 0.3 is 0 Å². The van der Waals surface area contributed by atoms with Crippen LogP contribution in [0.3, 0.4) is 0 Å². The van der Waals surface area contributed by atoms with E-state index in [0.29, 0.717) is 23.1 Å². The highest BCUT2D eigenvalue weighted by atomic mass is 32.2. The first kappa shape index (κ1) is 19.9. The summed E-state index contributed by atoms with van der Waals surface area (Å²) in [5.41, 5.74) is 3.43. The van der Waals surface area contributed by atoms with Gasteiger partial charge in [0, 0.05) is 30.0 Å². The zero-order chi connectivity index (χ0) is 20.3. The van der Waals surface area contributed by atoms with Gasteiger partial charge in [0.1, 0.15) is 5.75 Å². The first-order chi connectivity index (χ1) is 13.5. The number of nitrogens with zero attached hydrogens (tertiary/aromatic N) is 4. The molecule has 0 saturated carbocycles. The molecule has 0 radical (unpaired) electrons. The minimum atomic E-state index is 0.0649. The number of para-hydroxylation sites is 1. The standard InChI is InChI=1S/C21H24N4O2S/c1-5-11-25-20(16-9-7-8-10-18(16)26)22-23-21(25)28-13-19(27)17-12-14(3)24(6-2)15(17)4/h5,7-10,12,26H,1,6,11,13H2,2-4H3. The van der Waals surface area contributed by atoms with Crippen LogP contribution in [0.5, 0.6) is 5.75 Å². The van der Waals surface area contributed by atoms with Crippen LogP contribution in [0.4, 0.5) is 0 Å². The van der Waals surface area contributed by atoms with Crippen LogP contribution in [-0.2, 0) is 13.1 Å². The topological polar surface area (TPSA) is 72.9 Å². The number of aryl methyl sites for hydroxylation is 1. The maximum absolute atomic E-state index is 12.8. The van der Waals surface area contributed by atoms with E-state index in [2.05, 4.69) is 28.3 Å². The predicted octanol–water partition coefficient (Wildman–Crippen LogP) is 4.25. The van der Waals surface area contributed by atoms with Crippen LogP contribution in [0.25, 0.3) is 11.4 Å². The number of thioether (sulfide) groups is 1. The van der Waals surface area contributed by atoms with Crippen LogP contribution in [-0.4, -0.2) is 36.0 Å². The van der Waals surface area contributed by atoms with Crippen molar-refractivity contribution in [2.24, 2.45) is 0 Å². The number of rotatable bonds is 8. The Labute approximate surface area is 168 Å². The normalized spacial score (nSPS) is 11.0. The van der Waals surface area contributed by atoms with E-state index in [0.717, 1.165) is 23.5 Å². The van der Waals surface area contributed by atoms with E-state index < -0.39 is 0 Å². The van der Waals surface area contributed by atoms with E-state index in [1.54, 1.807) is 24.3 Å². The molecule has 0 unspecified atom stereocenters. The third-order valence-corrected chi connectivity index (χ3v) is 5.66. The van der Waals surface area contributed by atoms with Crippen molar-refractivity contribution in [3.05, 3.63) is 59.9 Å². The number of benzene rings is 1. The Bertz CT molecular complexity index is 1020. The van der Waals surface area contributed by atoms with Gasteiger partial charge in [0.15, 0.2) is 16.8 Å². The summed E-state index contributed by atoms with van der Waals surface area (Å²) in [6.07, 6.45) is 1.74. The third-order valence-electron chi connectivity index (χ3n) is 4.70. The van der Waals surface area contributed by atoms with Gasteiger partial charge in [-0.3, -0.25) is 9.36 Å². The van der Waals surface area contributed by atoms with E-state index in [-0.39, 0.29) is 17.3 Å². The molecule has 0 aliphatic rings. The van der Waals surface area contributed by atoms with Crippen LogP contribution in [0, 0.1) is 13.8 Å². The summed E-state index contributed by atoms with van der Waals surface area (Å²) in [7, 11) is 0. The number of hydrogen-bond acceptors (Lipinski definition) is 5. The van der Waals surface area contributed by atoms with Gasteiger partial charge in [-0.1, -0.05) is 30.0 Å². The number of phenols is 1. The van der Waals surface area contributed by atoms with Gasteiger partial charge in [-0.25, -0.2) is 0 Å². The molecule has 2 aromatic heterocycles. The number of ketones is 1. The molecule has 1 N–H and O–H groups in total. The van der Waals surface area contributed by atoms with Crippen LogP contribution >= 0.6 is 11.8 Å². The Morgan fingerprint density at radius 1 is 1.25 bits per heavy atom. The Morgan fingerprint density at radius 2 is 2.00 bits per heavy atom. The average molecular weight is 397 g/mol. The smallest absolute Gasteiger partial charge is 0.192 e. The van der Waals surface area contributed by atoms with Gasteiger partial charge in [0.05, 0.1) is 11.3 Å². The lowest BCUT2D eigenvalue weighted by molar-refractivity contribution is 0.102. The SMILES string of the molecule is C=CCn1c(SCC(=O)c2cc(C)n(CC)c2C)nnc1-c1ccccc1O. The van der Waals surface area contributed by atoms with Gasteiger partial charge in [-0.2, -0.15) is 0 Å². The fraction of sp³-hybridized carbons (Fsp3) is 0.286. The van der Waals surface area contributed by atoms with Crippen molar-refractivity contribution in [1.82, 2.24) is 19.3 Å². The minimum absolute atomic E-state index is 0.0649. The highest BCUT2D eigenvalue weighted by molar-refractivity contribution is 7.99. The molecule has 0 amide bonds. The number of Topliss-reactive ketones (excluding diaryl/α,β-unsaturated/α-hetero) is 1. The second-order valence-corrected chi connectivity index (χ2v) is 7.41. The summed E-state index contributed by atoms with van der Waals surface area (Å²) in [5.74, 6) is 1.02. The second-order valence-electron chi connectivity index (χ2n) is 6.46. The van der Waals surface area contributed by atoms with Gasteiger partial charge in [0.2, 0.25) is 0 Å². The van der Waals surface area contributed by atoms with Crippen LogP contribution in [0.15, 0.2) is 48.1 Å². The number of allylic oxidation sites excluding steroid dienone is 1. The molecule has 2 heterocycles. The fourth-order valence-electron chi connectivity index (χ4n) is 3.33. The minimum Gasteiger partial charge on any atom is -0.507 e. The second kappa shape index (κ2) is 8.48. The molecule has 7 heteroatoms. The van der Waals surface area contributed by atoms with Crippen molar-refractivity contribution in [2.45, 2.75) is 39.0 Å². The molecule has 28 heavy (non-hydrogen) atoms. The lowest BCUT2D eigenvalue weighted by Crippen LogP contribution is -2.07. The molecule has 0 fully saturated rings. The zero-order valence-corrected chi connectivity index (χ0v) is 17.2. The first-order valence-corrected chi connectivity index (χ1v) is 10.1. The van der Waals surface area contributed by atoms with Gasteiger partial charge in [0.25, 0.3) is 0 Å². The van der Waals surface area contributed by atoms with Gasteiger partial charge in [-0.05, 0) is 39.0 Å². The maximum Gasteiger partial charge on any atom is 0.192 e. The molecule has 0 saturated heterocycles. The van der Waals surface area contributed by atoms with Crippen LogP contribution in [0.2, 0.25) is 0 Å².